The predicted molar refractivity (Wildman–Crippen MR) is 65.0 cm³/mol. The van der Waals surface area contributed by atoms with E-state index in [9.17, 15) is 4.79 Å². The van der Waals surface area contributed by atoms with E-state index in [1.807, 2.05) is 4.90 Å². The van der Waals surface area contributed by atoms with Crippen molar-refractivity contribution in [2.75, 3.05) is 43.6 Å². The number of rotatable bonds is 3. The molecule has 0 atom stereocenters. The molecular formula is C10H13ClN4O2. The highest BCUT2D eigenvalue weighted by molar-refractivity contribution is 6.31. The lowest BCUT2D eigenvalue weighted by atomic mass is 10.3. The number of hydrogen-bond donors (Lipinski definition) is 1. The van der Waals surface area contributed by atoms with E-state index in [1.165, 1.54) is 0 Å². The summed E-state index contributed by atoms with van der Waals surface area (Å²) in [6.45, 7) is 2.63. The van der Waals surface area contributed by atoms with Crippen LogP contribution in [0.1, 0.15) is 10.5 Å². The highest BCUT2D eigenvalue weighted by Crippen LogP contribution is 2.24. The molecule has 0 amide bonds. The quantitative estimate of drug-likeness (QED) is 0.808. The Morgan fingerprint density at radius 3 is 2.71 bits per heavy atom. The van der Waals surface area contributed by atoms with Crippen LogP contribution in [0.2, 0.25) is 5.15 Å². The van der Waals surface area contributed by atoms with Gasteiger partial charge in [-0.05, 0) is 0 Å². The average Bonchev–Trinajstić information content (AvgIpc) is 2.39. The third-order valence-electron chi connectivity index (χ3n) is 2.52. The molecule has 0 aromatic carbocycles. The number of nitrogens with one attached hydrogen (secondary N) is 1. The maximum absolute atomic E-state index is 11.0. The van der Waals surface area contributed by atoms with Crippen LogP contribution in [0, 0.1) is 0 Å². The van der Waals surface area contributed by atoms with Gasteiger partial charge in [-0.3, -0.25) is 4.79 Å². The second-order valence-electron chi connectivity index (χ2n) is 3.54. The lowest BCUT2D eigenvalue weighted by Crippen LogP contribution is -2.37. The van der Waals surface area contributed by atoms with Gasteiger partial charge in [0.2, 0.25) is 0 Å². The molecule has 1 N–H and O–H groups in total. The number of carbonyl (C=O) groups is 1. The van der Waals surface area contributed by atoms with Crippen molar-refractivity contribution in [2.45, 2.75) is 0 Å². The van der Waals surface area contributed by atoms with E-state index >= 15 is 0 Å². The molecule has 2 rings (SSSR count). The summed E-state index contributed by atoms with van der Waals surface area (Å²) in [4.78, 5) is 21.3. The molecule has 0 spiro atoms. The SMILES string of the molecule is CNc1nc(N2CCOCC2)c(C=O)nc1Cl. The molecule has 0 bridgehead atoms. The Labute approximate surface area is 104 Å². The lowest BCUT2D eigenvalue weighted by Gasteiger charge is -2.28. The molecule has 0 saturated carbocycles. The summed E-state index contributed by atoms with van der Waals surface area (Å²) >= 11 is 5.88. The first-order valence-corrected chi connectivity index (χ1v) is 5.67. The fourth-order valence-corrected chi connectivity index (χ4v) is 1.89. The van der Waals surface area contributed by atoms with Crippen LogP contribution >= 0.6 is 11.6 Å². The standard InChI is InChI=1S/C10H13ClN4O2/c1-12-9-8(11)13-7(6-16)10(14-9)15-2-4-17-5-3-15/h6H,2-5H2,1H3,(H,12,14). The molecule has 1 aliphatic rings. The van der Waals surface area contributed by atoms with E-state index in [1.54, 1.807) is 7.05 Å². The van der Waals surface area contributed by atoms with Gasteiger partial charge in [0.25, 0.3) is 0 Å². The zero-order valence-electron chi connectivity index (χ0n) is 9.44. The number of anilines is 2. The second kappa shape index (κ2) is 5.29. The van der Waals surface area contributed by atoms with Crippen LogP contribution in [0.15, 0.2) is 0 Å². The monoisotopic (exact) mass is 256 g/mol. The normalized spacial score (nSPS) is 15.8. The van der Waals surface area contributed by atoms with Gasteiger partial charge in [-0.15, -0.1) is 0 Å². The molecule has 7 heteroatoms. The van der Waals surface area contributed by atoms with Gasteiger partial charge in [0.05, 0.1) is 13.2 Å². The first kappa shape index (κ1) is 12.1. The Hall–Kier alpha value is -1.40. The van der Waals surface area contributed by atoms with E-state index in [2.05, 4.69) is 15.3 Å². The molecule has 2 heterocycles. The molecule has 1 aromatic rings. The minimum Gasteiger partial charge on any atom is -0.378 e. The smallest absolute Gasteiger partial charge is 0.172 e. The van der Waals surface area contributed by atoms with Crippen molar-refractivity contribution in [3.63, 3.8) is 0 Å². The van der Waals surface area contributed by atoms with Gasteiger partial charge in [-0.2, -0.15) is 0 Å². The minimum absolute atomic E-state index is 0.201. The minimum atomic E-state index is 0.201. The zero-order chi connectivity index (χ0) is 12.3. The number of hydrogen-bond acceptors (Lipinski definition) is 6. The van der Waals surface area contributed by atoms with Gasteiger partial charge >= 0.3 is 0 Å². The Kier molecular flexibility index (Phi) is 3.75. The number of ether oxygens (including phenoxy) is 1. The highest BCUT2D eigenvalue weighted by Gasteiger charge is 2.19. The third-order valence-corrected chi connectivity index (χ3v) is 2.78. The topological polar surface area (TPSA) is 67.3 Å². The van der Waals surface area contributed by atoms with Gasteiger partial charge in [0, 0.05) is 20.1 Å². The van der Waals surface area contributed by atoms with Crippen LogP contribution in [0.4, 0.5) is 11.6 Å². The summed E-state index contributed by atoms with van der Waals surface area (Å²) in [7, 11) is 1.71. The molecule has 1 aliphatic heterocycles. The molecule has 0 unspecified atom stereocenters. The summed E-state index contributed by atoms with van der Waals surface area (Å²) in [5, 5.41) is 3.05. The van der Waals surface area contributed by atoms with E-state index < -0.39 is 0 Å². The Balaban J connectivity index is 2.39. The molecule has 1 fully saturated rings. The third kappa shape index (κ3) is 2.48. The van der Waals surface area contributed by atoms with E-state index in [4.69, 9.17) is 16.3 Å². The van der Waals surface area contributed by atoms with Crippen LogP contribution in [0.3, 0.4) is 0 Å². The largest absolute Gasteiger partial charge is 0.378 e. The van der Waals surface area contributed by atoms with Crippen LogP contribution in [0.25, 0.3) is 0 Å². The van der Waals surface area contributed by atoms with Crippen molar-refractivity contribution >= 4 is 29.5 Å². The van der Waals surface area contributed by atoms with Crippen molar-refractivity contribution in [2.24, 2.45) is 0 Å². The van der Waals surface area contributed by atoms with Crippen molar-refractivity contribution in [1.82, 2.24) is 9.97 Å². The summed E-state index contributed by atoms with van der Waals surface area (Å²) in [6.07, 6.45) is 0.670. The van der Waals surface area contributed by atoms with Gasteiger partial charge in [-0.1, -0.05) is 11.6 Å². The van der Waals surface area contributed by atoms with E-state index in [-0.39, 0.29) is 10.8 Å². The molecule has 1 aromatic heterocycles. The Morgan fingerprint density at radius 2 is 2.12 bits per heavy atom. The number of aromatic nitrogens is 2. The lowest BCUT2D eigenvalue weighted by molar-refractivity contribution is 0.111. The molecule has 92 valence electrons. The van der Waals surface area contributed by atoms with Crippen LogP contribution < -0.4 is 10.2 Å². The first-order chi connectivity index (χ1) is 8.26. The van der Waals surface area contributed by atoms with Crippen LogP contribution in [-0.4, -0.2) is 49.6 Å². The molecule has 1 saturated heterocycles. The van der Waals surface area contributed by atoms with Gasteiger partial charge < -0.3 is 15.0 Å². The maximum atomic E-state index is 11.0. The van der Waals surface area contributed by atoms with Gasteiger partial charge in [0.15, 0.2) is 23.1 Å². The van der Waals surface area contributed by atoms with Gasteiger partial charge in [-0.25, -0.2) is 9.97 Å². The van der Waals surface area contributed by atoms with Gasteiger partial charge in [0.1, 0.15) is 5.69 Å². The summed E-state index contributed by atoms with van der Waals surface area (Å²) < 4.78 is 5.26. The number of nitrogens with zero attached hydrogens (tertiary/aromatic N) is 3. The van der Waals surface area contributed by atoms with Crippen molar-refractivity contribution in [3.05, 3.63) is 10.8 Å². The maximum Gasteiger partial charge on any atom is 0.172 e. The Morgan fingerprint density at radius 1 is 1.41 bits per heavy atom. The fraction of sp³-hybridized carbons (Fsp3) is 0.500. The number of morpholine rings is 1. The molecule has 0 radical (unpaired) electrons. The predicted octanol–water partition coefficient (Wildman–Crippen LogP) is 0.821. The van der Waals surface area contributed by atoms with E-state index in [0.717, 1.165) is 0 Å². The molecule has 17 heavy (non-hydrogen) atoms. The summed E-state index contributed by atoms with van der Waals surface area (Å²) in [5.41, 5.74) is 0.260. The number of aldehydes is 1. The van der Waals surface area contributed by atoms with Crippen LogP contribution in [-0.2, 0) is 4.74 Å². The zero-order valence-corrected chi connectivity index (χ0v) is 10.2. The summed E-state index contributed by atoms with van der Waals surface area (Å²) in [6, 6.07) is 0. The molecule has 0 aliphatic carbocycles. The molecular weight excluding hydrogens is 244 g/mol. The number of halogens is 1. The Bertz CT molecular complexity index is 421. The van der Waals surface area contributed by atoms with E-state index in [0.29, 0.717) is 44.2 Å². The average molecular weight is 257 g/mol. The highest BCUT2D eigenvalue weighted by atomic mass is 35.5. The number of carbonyl (C=O) groups excluding carboxylic acids is 1. The van der Waals surface area contributed by atoms with Crippen molar-refractivity contribution in [1.29, 1.82) is 0 Å². The first-order valence-electron chi connectivity index (χ1n) is 5.29. The van der Waals surface area contributed by atoms with Crippen molar-refractivity contribution < 1.29 is 9.53 Å². The summed E-state index contributed by atoms with van der Waals surface area (Å²) in [5.74, 6) is 1.02. The second-order valence-corrected chi connectivity index (χ2v) is 3.90. The molecule has 6 nitrogen and oxygen atoms in total. The van der Waals surface area contributed by atoms with Crippen molar-refractivity contribution in [3.8, 4) is 0 Å². The fourth-order valence-electron chi connectivity index (χ4n) is 1.66. The van der Waals surface area contributed by atoms with Crippen LogP contribution in [0.5, 0.6) is 0 Å².